The van der Waals surface area contributed by atoms with Crippen LogP contribution in [0.5, 0.6) is 0 Å². The molecular weight excluding hydrogens is 286 g/mol. The van der Waals surface area contributed by atoms with E-state index in [0.717, 1.165) is 22.2 Å². The number of anilines is 1. The Balaban J connectivity index is 1.99. The predicted molar refractivity (Wildman–Crippen MR) is 86.1 cm³/mol. The summed E-state index contributed by atoms with van der Waals surface area (Å²) in [5.41, 5.74) is 2.55. The van der Waals surface area contributed by atoms with Crippen molar-refractivity contribution >= 4 is 28.3 Å². The van der Waals surface area contributed by atoms with E-state index in [0.29, 0.717) is 10.8 Å². The molecule has 3 aromatic rings. The minimum Gasteiger partial charge on any atom is -0.458 e. The fourth-order valence-corrected chi connectivity index (χ4v) is 2.49. The average Bonchev–Trinajstić information content (AvgIpc) is 2.89. The first-order valence-electron chi connectivity index (χ1n) is 6.69. The summed E-state index contributed by atoms with van der Waals surface area (Å²) in [5, 5.41) is 12.1. The van der Waals surface area contributed by atoms with Gasteiger partial charge in [0.25, 0.3) is 0 Å². The lowest BCUT2D eigenvalue weighted by molar-refractivity contribution is 0.192. The van der Waals surface area contributed by atoms with Crippen LogP contribution >= 0.6 is 11.6 Å². The van der Waals surface area contributed by atoms with Crippen LogP contribution in [0.4, 0.5) is 5.69 Å². The van der Waals surface area contributed by atoms with Crippen LogP contribution in [0.25, 0.3) is 11.0 Å². The maximum absolute atomic E-state index is 10.5. The van der Waals surface area contributed by atoms with Crippen LogP contribution in [-0.2, 0) is 0 Å². The van der Waals surface area contributed by atoms with Crippen molar-refractivity contribution in [2.45, 2.75) is 6.10 Å². The van der Waals surface area contributed by atoms with Gasteiger partial charge in [0, 0.05) is 30.2 Å². The minimum atomic E-state index is -0.795. The monoisotopic (exact) mass is 301 g/mol. The smallest absolute Gasteiger partial charge is 0.138 e. The summed E-state index contributed by atoms with van der Waals surface area (Å²) in [6.45, 7) is 0. The van der Waals surface area contributed by atoms with Gasteiger partial charge in [-0.15, -0.1) is 0 Å². The van der Waals surface area contributed by atoms with Crippen LogP contribution in [0, 0.1) is 0 Å². The maximum atomic E-state index is 10.5. The number of hydrogen-bond acceptors (Lipinski definition) is 3. The average molecular weight is 302 g/mol. The standard InChI is InChI=1S/C17H16ClNO2/c1-19(2)14-5-3-4-11(9-14)17(20)16-10-12-8-13(18)6-7-15(12)21-16/h3-10,17,20H,1-2H3. The number of aliphatic hydroxyl groups excluding tert-OH is 1. The zero-order chi connectivity index (χ0) is 15.0. The van der Waals surface area contributed by atoms with Crippen molar-refractivity contribution in [1.82, 2.24) is 0 Å². The molecule has 4 heteroatoms. The summed E-state index contributed by atoms with van der Waals surface area (Å²) >= 11 is 5.97. The molecule has 2 aromatic carbocycles. The van der Waals surface area contributed by atoms with Crippen molar-refractivity contribution in [2.24, 2.45) is 0 Å². The molecule has 0 saturated heterocycles. The molecule has 1 N–H and O–H groups in total. The van der Waals surface area contributed by atoms with Crippen LogP contribution in [0.3, 0.4) is 0 Å². The summed E-state index contributed by atoms with van der Waals surface area (Å²) < 4.78 is 5.72. The number of aliphatic hydroxyl groups is 1. The largest absolute Gasteiger partial charge is 0.458 e. The quantitative estimate of drug-likeness (QED) is 0.786. The lowest BCUT2D eigenvalue weighted by atomic mass is 10.1. The maximum Gasteiger partial charge on any atom is 0.138 e. The molecule has 108 valence electrons. The SMILES string of the molecule is CN(C)c1cccc(C(O)c2cc3cc(Cl)ccc3o2)c1. The molecule has 1 heterocycles. The van der Waals surface area contributed by atoms with Gasteiger partial charge in [-0.2, -0.15) is 0 Å². The van der Waals surface area contributed by atoms with Gasteiger partial charge in [0.15, 0.2) is 0 Å². The lowest BCUT2D eigenvalue weighted by Gasteiger charge is -2.15. The van der Waals surface area contributed by atoms with Gasteiger partial charge in [0.2, 0.25) is 0 Å². The first-order chi connectivity index (χ1) is 10.0. The molecule has 0 bridgehead atoms. The van der Waals surface area contributed by atoms with Crippen molar-refractivity contribution in [3.05, 3.63) is 64.9 Å². The van der Waals surface area contributed by atoms with Crippen molar-refractivity contribution in [3.8, 4) is 0 Å². The van der Waals surface area contributed by atoms with Gasteiger partial charge in [-0.3, -0.25) is 0 Å². The summed E-state index contributed by atoms with van der Waals surface area (Å²) in [4.78, 5) is 1.99. The summed E-state index contributed by atoms with van der Waals surface area (Å²) in [6.07, 6.45) is -0.795. The molecule has 0 aliphatic rings. The molecule has 0 radical (unpaired) electrons. The molecular formula is C17H16ClNO2. The molecule has 0 fully saturated rings. The highest BCUT2D eigenvalue weighted by atomic mass is 35.5. The van der Waals surface area contributed by atoms with E-state index in [1.807, 2.05) is 61.5 Å². The first kappa shape index (κ1) is 14.0. The van der Waals surface area contributed by atoms with E-state index in [-0.39, 0.29) is 0 Å². The van der Waals surface area contributed by atoms with E-state index >= 15 is 0 Å². The summed E-state index contributed by atoms with van der Waals surface area (Å²) in [5.74, 6) is 0.517. The van der Waals surface area contributed by atoms with Gasteiger partial charge in [0.05, 0.1) is 0 Å². The topological polar surface area (TPSA) is 36.6 Å². The molecule has 1 unspecified atom stereocenters. The van der Waals surface area contributed by atoms with E-state index in [1.54, 1.807) is 6.07 Å². The molecule has 1 atom stereocenters. The highest BCUT2D eigenvalue weighted by molar-refractivity contribution is 6.31. The Bertz CT molecular complexity index is 779. The van der Waals surface area contributed by atoms with Crippen molar-refractivity contribution < 1.29 is 9.52 Å². The van der Waals surface area contributed by atoms with Crippen LogP contribution < -0.4 is 4.90 Å². The molecule has 0 aliphatic carbocycles. The third kappa shape index (κ3) is 2.75. The number of hydrogen-bond donors (Lipinski definition) is 1. The summed E-state index contributed by atoms with van der Waals surface area (Å²) in [7, 11) is 3.93. The van der Waals surface area contributed by atoms with Crippen LogP contribution in [0.15, 0.2) is 52.9 Å². The van der Waals surface area contributed by atoms with Crippen LogP contribution in [0.1, 0.15) is 17.4 Å². The van der Waals surface area contributed by atoms with Gasteiger partial charge in [0.1, 0.15) is 17.4 Å². The van der Waals surface area contributed by atoms with Crippen molar-refractivity contribution in [1.29, 1.82) is 0 Å². The minimum absolute atomic E-state index is 0.517. The Kier molecular flexibility index (Phi) is 3.62. The third-order valence-corrected chi connectivity index (χ3v) is 3.70. The van der Waals surface area contributed by atoms with Gasteiger partial charge in [-0.25, -0.2) is 0 Å². The zero-order valence-corrected chi connectivity index (χ0v) is 12.6. The van der Waals surface area contributed by atoms with Gasteiger partial charge >= 0.3 is 0 Å². The van der Waals surface area contributed by atoms with Crippen molar-refractivity contribution in [3.63, 3.8) is 0 Å². The van der Waals surface area contributed by atoms with E-state index < -0.39 is 6.10 Å². The van der Waals surface area contributed by atoms with Gasteiger partial charge in [-0.1, -0.05) is 23.7 Å². The lowest BCUT2D eigenvalue weighted by Crippen LogP contribution is -2.09. The zero-order valence-electron chi connectivity index (χ0n) is 11.9. The highest BCUT2D eigenvalue weighted by Gasteiger charge is 2.16. The molecule has 0 saturated carbocycles. The number of rotatable bonds is 3. The molecule has 3 rings (SSSR count). The Morgan fingerprint density at radius 3 is 2.67 bits per heavy atom. The predicted octanol–water partition coefficient (Wildman–Crippen LogP) is 4.23. The summed E-state index contributed by atoms with van der Waals surface area (Å²) in [6, 6.07) is 15.0. The number of furan rings is 1. The number of fused-ring (bicyclic) bond motifs is 1. The van der Waals surface area contributed by atoms with E-state index in [2.05, 4.69) is 0 Å². The molecule has 3 nitrogen and oxygen atoms in total. The normalized spacial score (nSPS) is 12.6. The van der Waals surface area contributed by atoms with E-state index in [9.17, 15) is 5.11 Å². The second-order valence-corrected chi connectivity index (χ2v) is 5.66. The Morgan fingerprint density at radius 1 is 1.10 bits per heavy atom. The fourth-order valence-electron chi connectivity index (χ4n) is 2.31. The second kappa shape index (κ2) is 5.43. The molecule has 21 heavy (non-hydrogen) atoms. The van der Waals surface area contributed by atoms with Gasteiger partial charge < -0.3 is 14.4 Å². The molecule has 0 spiro atoms. The molecule has 0 amide bonds. The van der Waals surface area contributed by atoms with Crippen molar-refractivity contribution in [2.75, 3.05) is 19.0 Å². The number of benzene rings is 2. The first-order valence-corrected chi connectivity index (χ1v) is 7.07. The van der Waals surface area contributed by atoms with Crippen LogP contribution in [-0.4, -0.2) is 19.2 Å². The Labute approximate surface area is 128 Å². The Hall–Kier alpha value is -1.97. The second-order valence-electron chi connectivity index (χ2n) is 5.22. The molecule has 0 aliphatic heterocycles. The molecule has 1 aromatic heterocycles. The van der Waals surface area contributed by atoms with Gasteiger partial charge in [-0.05, 0) is 42.0 Å². The number of halogens is 1. The highest BCUT2D eigenvalue weighted by Crippen LogP contribution is 2.30. The Morgan fingerprint density at radius 2 is 1.90 bits per heavy atom. The number of nitrogens with zero attached hydrogens (tertiary/aromatic N) is 1. The van der Waals surface area contributed by atoms with E-state index in [4.69, 9.17) is 16.0 Å². The fraction of sp³-hybridized carbons (Fsp3) is 0.176. The van der Waals surface area contributed by atoms with E-state index in [1.165, 1.54) is 0 Å². The van der Waals surface area contributed by atoms with Crippen LogP contribution in [0.2, 0.25) is 5.02 Å². The third-order valence-electron chi connectivity index (χ3n) is 3.47.